The Morgan fingerprint density at radius 1 is 1.10 bits per heavy atom. The van der Waals surface area contributed by atoms with Gasteiger partial charge in [0.1, 0.15) is 17.2 Å². The monoisotopic (exact) mass is 296 g/mol. The number of hydrogen-bond donors (Lipinski definition) is 0. The Hall–Kier alpha value is -1.29. The van der Waals surface area contributed by atoms with Gasteiger partial charge in [-0.05, 0) is 48.8 Å². The van der Waals surface area contributed by atoms with E-state index in [2.05, 4.69) is 13.8 Å². The summed E-state index contributed by atoms with van der Waals surface area (Å²) in [7, 11) is 1.54. The third-order valence-corrected chi connectivity index (χ3v) is 4.60. The van der Waals surface area contributed by atoms with Gasteiger partial charge in [0, 0.05) is 19.6 Å². The molecule has 0 spiro atoms. The zero-order valence-corrected chi connectivity index (χ0v) is 12.8. The summed E-state index contributed by atoms with van der Waals surface area (Å²) in [6, 6.07) is 3.22. The van der Waals surface area contributed by atoms with Crippen LogP contribution in [-0.4, -0.2) is 18.5 Å². The molecule has 0 amide bonds. The van der Waals surface area contributed by atoms with Gasteiger partial charge in [-0.1, -0.05) is 13.8 Å². The summed E-state index contributed by atoms with van der Waals surface area (Å²) in [4.78, 5) is 12.6. The SMILES string of the molecule is COC1(C(=O)Cc2cc(F)cc(F)c2)CCC(C)(C)CC1. The zero-order valence-electron chi connectivity index (χ0n) is 12.8. The first-order chi connectivity index (χ1) is 9.76. The van der Waals surface area contributed by atoms with Crippen LogP contribution in [0.2, 0.25) is 0 Å². The zero-order chi connectivity index (χ0) is 15.7. The molecule has 116 valence electrons. The molecule has 21 heavy (non-hydrogen) atoms. The highest BCUT2D eigenvalue weighted by molar-refractivity contribution is 5.89. The predicted octanol–water partition coefficient (Wildman–Crippen LogP) is 4.06. The van der Waals surface area contributed by atoms with Crippen molar-refractivity contribution in [1.82, 2.24) is 0 Å². The summed E-state index contributed by atoms with van der Waals surface area (Å²) in [6.45, 7) is 4.36. The van der Waals surface area contributed by atoms with Gasteiger partial charge in [-0.3, -0.25) is 4.79 Å². The summed E-state index contributed by atoms with van der Waals surface area (Å²) < 4.78 is 32.0. The van der Waals surface area contributed by atoms with Crippen molar-refractivity contribution in [3.05, 3.63) is 35.4 Å². The van der Waals surface area contributed by atoms with Gasteiger partial charge in [0.25, 0.3) is 0 Å². The van der Waals surface area contributed by atoms with Crippen LogP contribution in [0.5, 0.6) is 0 Å². The fraction of sp³-hybridized carbons (Fsp3) is 0.588. The number of ether oxygens (including phenoxy) is 1. The Labute approximate surface area is 124 Å². The highest BCUT2D eigenvalue weighted by atomic mass is 19.1. The van der Waals surface area contributed by atoms with E-state index in [1.807, 2.05) is 0 Å². The minimum absolute atomic E-state index is 0.00293. The van der Waals surface area contributed by atoms with Crippen molar-refractivity contribution in [2.24, 2.45) is 5.41 Å². The molecule has 1 saturated carbocycles. The fourth-order valence-electron chi connectivity index (χ4n) is 2.99. The first-order valence-corrected chi connectivity index (χ1v) is 7.30. The van der Waals surface area contributed by atoms with E-state index in [-0.39, 0.29) is 17.6 Å². The van der Waals surface area contributed by atoms with Crippen LogP contribution in [0, 0.1) is 17.0 Å². The summed E-state index contributed by atoms with van der Waals surface area (Å²) >= 11 is 0. The summed E-state index contributed by atoms with van der Waals surface area (Å²) in [5.74, 6) is -1.41. The van der Waals surface area contributed by atoms with Crippen molar-refractivity contribution in [3.8, 4) is 0 Å². The van der Waals surface area contributed by atoms with Gasteiger partial charge < -0.3 is 4.74 Å². The van der Waals surface area contributed by atoms with Gasteiger partial charge >= 0.3 is 0 Å². The summed E-state index contributed by atoms with van der Waals surface area (Å²) in [5.41, 5.74) is -0.232. The highest BCUT2D eigenvalue weighted by Crippen LogP contribution is 2.42. The molecule has 0 radical (unpaired) electrons. The molecule has 0 aromatic heterocycles. The Bertz CT molecular complexity index is 507. The molecule has 0 bridgehead atoms. The van der Waals surface area contributed by atoms with Crippen LogP contribution in [0.25, 0.3) is 0 Å². The smallest absolute Gasteiger partial charge is 0.168 e. The second kappa shape index (κ2) is 5.84. The quantitative estimate of drug-likeness (QED) is 0.837. The molecule has 2 rings (SSSR count). The fourth-order valence-corrected chi connectivity index (χ4v) is 2.99. The minimum Gasteiger partial charge on any atom is -0.370 e. The number of methoxy groups -OCH3 is 1. The molecule has 0 atom stereocenters. The largest absolute Gasteiger partial charge is 0.370 e. The van der Waals surface area contributed by atoms with Crippen LogP contribution in [-0.2, 0) is 16.0 Å². The molecule has 0 unspecified atom stereocenters. The van der Waals surface area contributed by atoms with E-state index < -0.39 is 17.2 Å². The maximum Gasteiger partial charge on any atom is 0.168 e. The maximum absolute atomic E-state index is 13.2. The van der Waals surface area contributed by atoms with E-state index in [0.717, 1.165) is 18.9 Å². The van der Waals surface area contributed by atoms with E-state index in [0.29, 0.717) is 18.4 Å². The van der Waals surface area contributed by atoms with E-state index in [1.54, 1.807) is 7.11 Å². The van der Waals surface area contributed by atoms with Crippen LogP contribution in [0.1, 0.15) is 45.1 Å². The van der Waals surface area contributed by atoms with Gasteiger partial charge in [-0.15, -0.1) is 0 Å². The Kier molecular flexibility index (Phi) is 4.47. The lowest BCUT2D eigenvalue weighted by atomic mass is 9.69. The van der Waals surface area contributed by atoms with E-state index in [9.17, 15) is 13.6 Å². The van der Waals surface area contributed by atoms with E-state index >= 15 is 0 Å². The van der Waals surface area contributed by atoms with E-state index in [1.165, 1.54) is 12.1 Å². The average molecular weight is 296 g/mol. The van der Waals surface area contributed by atoms with Crippen molar-refractivity contribution in [2.75, 3.05) is 7.11 Å². The van der Waals surface area contributed by atoms with Crippen LogP contribution < -0.4 is 0 Å². The van der Waals surface area contributed by atoms with Gasteiger partial charge in [0.15, 0.2) is 5.78 Å². The molecule has 1 aliphatic carbocycles. The third kappa shape index (κ3) is 3.67. The molecule has 1 fully saturated rings. The topological polar surface area (TPSA) is 26.3 Å². The van der Waals surface area contributed by atoms with Gasteiger partial charge in [0.05, 0.1) is 0 Å². The number of carbonyl (C=O) groups excluding carboxylic acids is 1. The molecule has 0 saturated heterocycles. The number of carbonyl (C=O) groups is 1. The Morgan fingerprint density at radius 2 is 1.62 bits per heavy atom. The van der Waals surface area contributed by atoms with Gasteiger partial charge in [-0.25, -0.2) is 8.78 Å². The predicted molar refractivity (Wildman–Crippen MR) is 77.1 cm³/mol. The summed E-state index contributed by atoms with van der Waals surface area (Å²) in [5, 5.41) is 0. The standard InChI is InChI=1S/C17H22F2O2/c1-16(2)4-6-17(21-3,7-5-16)15(20)10-12-8-13(18)11-14(19)9-12/h8-9,11H,4-7,10H2,1-3H3. The van der Waals surface area contributed by atoms with Gasteiger partial charge in [0.2, 0.25) is 0 Å². The molecule has 1 aliphatic rings. The number of rotatable bonds is 4. The number of hydrogen-bond acceptors (Lipinski definition) is 2. The molecule has 0 aliphatic heterocycles. The first-order valence-electron chi connectivity index (χ1n) is 7.30. The highest BCUT2D eigenvalue weighted by Gasteiger charge is 2.43. The molecule has 2 nitrogen and oxygen atoms in total. The molecule has 0 heterocycles. The first kappa shape index (κ1) is 16.1. The second-order valence-corrected chi connectivity index (χ2v) is 6.74. The Morgan fingerprint density at radius 3 is 2.10 bits per heavy atom. The van der Waals surface area contributed by atoms with Crippen molar-refractivity contribution >= 4 is 5.78 Å². The molecule has 1 aromatic rings. The third-order valence-electron chi connectivity index (χ3n) is 4.60. The lowest BCUT2D eigenvalue weighted by molar-refractivity contribution is -0.147. The molecule has 0 N–H and O–H groups in total. The van der Waals surface area contributed by atoms with Crippen molar-refractivity contribution in [1.29, 1.82) is 0 Å². The molecular weight excluding hydrogens is 274 g/mol. The van der Waals surface area contributed by atoms with Crippen molar-refractivity contribution in [2.45, 2.75) is 51.6 Å². The maximum atomic E-state index is 13.2. The molecular formula is C17H22F2O2. The van der Waals surface area contributed by atoms with Crippen LogP contribution >= 0.6 is 0 Å². The van der Waals surface area contributed by atoms with Crippen molar-refractivity contribution < 1.29 is 18.3 Å². The summed E-state index contributed by atoms with van der Waals surface area (Å²) in [6.07, 6.45) is 3.14. The van der Waals surface area contributed by atoms with E-state index in [4.69, 9.17) is 4.74 Å². The van der Waals surface area contributed by atoms with Crippen LogP contribution in [0.15, 0.2) is 18.2 Å². The van der Waals surface area contributed by atoms with Crippen molar-refractivity contribution in [3.63, 3.8) is 0 Å². The van der Waals surface area contributed by atoms with Crippen LogP contribution in [0.4, 0.5) is 8.78 Å². The van der Waals surface area contributed by atoms with Gasteiger partial charge in [-0.2, -0.15) is 0 Å². The number of halogens is 2. The lowest BCUT2D eigenvalue weighted by Gasteiger charge is -2.41. The average Bonchev–Trinajstić information content (AvgIpc) is 2.38. The number of ketones is 1. The minimum atomic E-state index is -0.807. The number of Topliss-reactive ketones (excluding diaryl/α,β-unsaturated/α-hetero) is 1. The normalized spacial score (nSPS) is 20.2. The Balaban J connectivity index is 2.14. The second-order valence-electron chi connectivity index (χ2n) is 6.74. The lowest BCUT2D eigenvalue weighted by Crippen LogP contribution is -2.46. The van der Waals surface area contributed by atoms with Crippen LogP contribution in [0.3, 0.4) is 0 Å². The molecule has 1 aromatic carbocycles. The number of benzene rings is 1. The molecule has 4 heteroatoms.